The zero-order chi connectivity index (χ0) is 14.1. The predicted octanol–water partition coefficient (Wildman–Crippen LogP) is 2.27. The molecule has 0 saturated carbocycles. The molecule has 2 heterocycles. The van der Waals surface area contributed by atoms with Crippen molar-refractivity contribution in [2.24, 2.45) is 0 Å². The van der Waals surface area contributed by atoms with E-state index < -0.39 is 0 Å². The molecule has 0 N–H and O–H groups in total. The van der Waals surface area contributed by atoms with E-state index in [1.54, 1.807) is 29.2 Å². The molecule has 0 bridgehead atoms. The summed E-state index contributed by atoms with van der Waals surface area (Å²) >= 11 is 0. The van der Waals surface area contributed by atoms with Gasteiger partial charge in [-0.1, -0.05) is 12.8 Å². The van der Waals surface area contributed by atoms with Crippen LogP contribution in [0.25, 0.3) is 0 Å². The Morgan fingerprint density at radius 3 is 2.55 bits per heavy atom. The van der Waals surface area contributed by atoms with E-state index in [0.717, 1.165) is 25.7 Å². The summed E-state index contributed by atoms with van der Waals surface area (Å²) in [5.41, 5.74) is 1.06. The number of hydrogen-bond donors (Lipinski definition) is 0. The number of hydrogen-bond acceptors (Lipinski definition) is 3. The van der Waals surface area contributed by atoms with E-state index in [1.807, 2.05) is 6.07 Å². The summed E-state index contributed by atoms with van der Waals surface area (Å²) in [7, 11) is 0. The number of imide groups is 1. The maximum atomic E-state index is 12.5. The first-order valence-corrected chi connectivity index (χ1v) is 6.87. The standard InChI is InChI=1S/C15H15N3O2/c16-10-11-5-7-12(8-6-11)18-14(19)13-4-2-1-3-9-17(13)15(18)20/h5-8,13H,1-4,9H2. The second-order valence-electron chi connectivity index (χ2n) is 5.17. The number of fused-ring (bicyclic) bond motifs is 1. The third-order valence-electron chi connectivity index (χ3n) is 3.95. The van der Waals surface area contributed by atoms with Gasteiger partial charge in [0.15, 0.2) is 0 Å². The summed E-state index contributed by atoms with van der Waals surface area (Å²) in [6, 6.07) is 8.05. The molecule has 1 atom stereocenters. The minimum Gasteiger partial charge on any atom is -0.312 e. The van der Waals surface area contributed by atoms with E-state index in [0.29, 0.717) is 17.8 Å². The van der Waals surface area contributed by atoms with Gasteiger partial charge in [0.1, 0.15) is 6.04 Å². The highest BCUT2D eigenvalue weighted by Crippen LogP contribution is 2.30. The van der Waals surface area contributed by atoms with E-state index in [4.69, 9.17) is 5.26 Å². The zero-order valence-electron chi connectivity index (χ0n) is 11.1. The third-order valence-corrected chi connectivity index (χ3v) is 3.95. The molecule has 1 aromatic rings. The van der Waals surface area contributed by atoms with Crippen LogP contribution in [-0.4, -0.2) is 29.4 Å². The van der Waals surface area contributed by atoms with Crippen LogP contribution in [0.1, 0.15) is 31.2 Å². The molecule has 3 amide bonds. The van der Waals surface area contributed by atoms with Gasteiger partial charge in [0.25, 0.3) is 5.91 Å². The number of rotatable bonds is 1. The van der Waals surface area contributed by atoms with Crippen LogP contribution in [0.5, 0.6) is 0 Å². The lowest BCUT2D eigenvalue weighted by Gasteiger charge is -2.18. The molecule has 20 heavy (non-hydrogen) atoms. The fraction of sp³-hybridized carbons (Fsp3) is 0.400. The average Bonchev–Trinajstić information content (AvgIpc) is 2.66. The Hall–Kier alpha value is -2.35. The monoisotopic (exact) mass is 269 g/mol. The maximum Gasteiger partial charge on any atom is 0.332 e. The number of amides is 3. The van der Waals surface area contributed by atoms with E-state index >= 15 is 0 Å². The first kappa shape index (κ1) is 12.7. The normalized spacial score (nSPS) is 22.4. The molecule has 5 heteroatoms. The highest BCUT2D eigenvalue weighted by atomic mass is 16.2. The number of anilines is 1. The number of nitrogens with zero attached hydrogens (tertiary/aromatic N) is 3. The topological polar surface area (TPSA) is 64.4 Å². The summed E-state index contributed by atoms with van der Waals surface area (Å²) in [5, 5.41) is 8.79. The summed E-state index contributed by atoms with van der Waals surface area (Å²) in [6.45, 7) is 0.655. The van der Waals surface area contributed by atoms with E-state index in [-0.39, 0.29) is 18.0 Å². The number of carbonyl (C=O) groups excluding carboxylic acids is 2. The number of benzene rings is 1. The summed E-state index contributed by atoms with van der Waals surface area (Å²) in [4.78, 5) is 27.8. The van der Waals surface area contributed by atoms with Gasteiger partial charge in [-0.2, -0.15) is 5.26 Å². The van der Waals surface area contributed by atoms with Gasteiger partial charge in [0.05, 0.1) is 17.3 Å². The van der Waals surface area contributed by atoms with Crippen LogP contribution in [0.3, 0.4) is 0 Å². The Balaban J connectivity index is 1.92. The van der Waals surface area contributed by atoms with Crippen LogP contribution in [0.15, 0.2) is 24.3 Å². The van der Waals surface area contributed by atoms with Gasteiger partial charge < -0.3 is 4.90 Å². The van der Waals surface area contributed by atoms with Crippen LogP contribution in [0, 0.1) is 11.3 Å². The highest BCUT2D eigenvalue weighted by molar-refractivity contribution is 6.21. The largest absolute Gasteiger partial charge is 0.332 e. The van der Waals surface area contributed by atoms with Gasteiger partial charge in [-0.3, -0.25) is 4.79 Å². The van der Waals surface area contributed by atoms with Crippen LogP contribution < -0.4 is 4.90 Å². The molecule has 2 saturated heterocycles. The van der Waals surface area contributed by atoms with Crippen LogP contribution in [-0.2, 0) is 4.79 Å². The van der Waals surface area contributed by atoms with Crippen LogP contribution >= 0.6 is 0 Å². The molecule has 2 fully saturated rings. The SMILES string of the molecule is N#Cc1ccc(N2C(=O)C3CCCCCN3C2=O)cc1. The van der Waals surface area contributed by atoms with Gasteiger partial charge in [0.2, 0.25) is 0 Å². The molecular formula is C15H15N3O2. The minimum absolute atomic E-state index is 0.137. The molecule has 102 valence electrons. The van der Waals surface area contributed by atoms with Crippen molar-refractivity contribution in [2.75, 3.05) is 11.4 Å². The summed E-state index contributed by atoms with van der Waals surface area (Å²) < 4.78 is 0. The zero-order valence-corrected chi connectivity index (χ0v) is 11.1. The van der Waals surface area contributed by atoms with Gasteiger partial charge >= 0.3 is 6.03 Å². The lowest BCUT2D eigenvalue weighted by Crippen LogP contribution is -2.34. The Bertz CT molecular complexity index is 564. The second-order valence-corrected chi connectivity index (χ2v) is 5.17. The number of urea groups is 1. The third kappa shape index (κ3) is 1.94. The molecule has 1 unspecified atom stereocenters. The predicted molar refractivity (Wildman–Crippen MR) is 73.0 cm³/mol. The number of carbonyl (C=O) groups is 2. The van der Waals surface area contributed by atoms with Crippen molar-refractivity contribution in [3.05, 3.63) is 29.8 Å². The van der Waals surface area contributed by atoms with Crippen LogP contribution in [0.4, 0.5) is 10.5 Å². The van der Waals surface area contributed by atoms with Gasteiger partial charge in [-0.15, -0.1) is 0 Å². The van der Waals surface area contributed by atoms with E-state index in [9.17, 15) is 9.59 Å². The van der Waals surface area contributed by atoms with Gasteiger partial charge in [-0.05, 0) is 37.1 Å². The Kier molecular flexibility index (Phi) is 3.15. The van der Waals surface area contributed by atoms with Crippen molar-refractivity contribution in [1.29, 1.82) is 5.26 Å². The molecule has 1 aromatic carbocycles. The van der Waals surface area contributed by atoms with Crippen molar-refractivity contribution in [3.63, 3.8) is 0 Å². The minimum atomic E-state index is -0.305. The number of nitriles is 1. The highest BCUT2D eigenvalue weighted by Gasteiger charge is 2.45. The van der Waals surface area contributed by atoms with Gasteiger partial charge in [0, 0.05) is 6.54 Å². The summed E-state index contributed by atoms with van der Waals surface area (Å²) in [5.74, 6) is -0.137. The smallest absolute Gasteiger partial charge is 0.312 e. The fourth-order valence-electron chi connectivity index (χ4n) is 2.89. The van der Waals surface area contributed by atoms with Crippen molar-refractivity contribution in [3.8, 4) is 6.07 Å². The molecule has 0 aliphatic carbocycles. The van der Waals surface area contributed by atoms with Crippen molar-refractivity contribution in [1.82, 2.24) is 4.90 Å². The Labute approximate surface area is 117 Å². The van der Waals surface area contributed by atoms with Crippen molar-refractivity contribution >= 4 is 17.6 Å². The first-order valence-electron chi connectivity index (χ1n) is 6.87. The lowest BCUT2D eigenvalue weighted by molar-refractivity contribution is -0.119. The van der Waals surface area contributed by atoms with Crippen molar-refractivity contribution in [2.45, 2.75) is 31.7 Å². The molecule has 3 rings (SSSR count). The molecule has 0 aromatic heterocycles. The first-order chi connectivity index (χ1) is 9.72. The Morgan fingerprint density at radius 2 is 1.85 bits per heavy atom. The van der Waals surface area contributed by atoms with Crippen molar-refractivity contribution < 1.29 is 9.59 Å². The Morgan fingerprint density at radius 1 is 1.10 bits per heavy atom. The maximum absolute atomic E-state index is 12.5. The van der Waals surface area contributed by atoms with Crippen LogP contribution in [0.2, 0.25) is 0 Å². The molecular weight excluding hydrogens is 254 g/mol. The van der Waals surface area contributed by atoms with E-state index in [1.165, 1.54) is 4.90 Å². The molecule has 2 aliphatic heterocycles. The molecule has 0 spiro atoms. The second kappa shape index (κ2) is 4.97. The molecule has 2 aliphatic rings. The molecule has 0 radical (unpaired) electrons. The summed E-state index contributed by atoms with van der Waals surface area (Å²) in [6.07, 6.45) is 3.76. The van der Waals surface area contributed by atoms with Gasteiger partial charge in [-0.25, -0.2) is 9.69 Å². The average molecular weight is 269 g/mol. The quantitative estimate of drug-likeness (QED) is 0.735. The molecule has 5 nitrogen and oxygen atoms in total. The fourth-order valence-corrected chi connectivity index (χ4v) is 2.89. The van der Waals surface area contributed by atoms with E-state index in [2.05, 4.69) is 0 Å². The lowest BCUT2D eigenvalue weighted by atomic mass is 10.1.